The van der Waals surface area contributed by atoms with Crippen LogP contribution in [-0.2, 0) is 25.4 Å². The Morgan fingerprint density at radius 3 is 2.75 bits per heavy atom. The van der Waals surface area contributed by atoms with Crippen molar-refractivity contribution in [2.45, 2.75) is 69.2 Å². The van der Waals surface area contributed by atoms with Crippen molar-refractivity contribution in [1.82, 2.24) is 5.32 Å². The van der Waals surface area contributed by atoms with Crippen molar-refractivity contribution >= 4 is 29.3 Å². The third-order valence-corrected chi connectivity index (χ3v) is 7.25. The van der Waals surface area contributed by atoms with Gasteiger partial charge in [0.1, 0.15) is 23.0 Å². The molecule has 0 aliphatic carbocycles. The first-order chi connectivity index (χ1) is 17.1. The van der Waals surface area contributed by atoms with E-state index in [0.717, 1.165) is 11.1 Å². The average Bonchev–Trinajstić information content (AvgIpc) is 3.56. The average molecular weight is 521 g/mol. The van der Waals surface area contributed by atoms with E-state index in [1.54, 1.807) is 31.2 Å². The summed E-state index contributed by atoms with van der Waals surface area (Å²) in [5.41, 5.74) is 0.899. The highest BCUT2D eigenvalue weighted by Crippen LogP contribution is 2.38. The normalized spacial score (nSPS) is 33.5. The number of rotatable bonds is 2. The predicted molar refractivity (Wildman–Crippen MR) is 134 cm³/mol. The largest absolute Gasteiger partial charge is 0.495 e. The van der Waals surface area contributed by atoms with Crippen LogP contribution in [0.2, 0.25) is 5.02 Å². The number of aliphatic hydroxyl groups is 1. The monoisotopic (exact) mass is 520 g/mol. The molecule has 196 valence electrons. The molecular weight excluding hydrogens is 488 g/mol. The zero-order valence-corrected chi connectivity index (χ0v) is 21.7. The van der Waals surface area contributed by atoms with Crippen LogP contribution in [-0.4, -0.2) is 68.5 Å². The van der Waals surface area contributed by atoms with Gasteiger partial charge in [-0.2, -0.15) is 0 Å². The van der Waals surface area contributed by atoms with Gasteiger partial charge in [-0.05, 0) is 37.5 Å². The van der Waals surface area contributed by atoms with Gasteiger partial charge in [-0.15, -0.1) is 0 Å². The first-order valence-corrected chi connectivity index (χ1v) is 12.4. The lowest BCUT2D eigenvalue weighted by Crippen LogP contribution is -2.62. The number of anilines is 1. The molecule has 0 radical (unpaired) electrons. The minimum atomic E-state index is -1.63. The summed E-state index contributed by atoms with van der Waals surface area (Å²) in [7, 11) is 4.72. The van der Waals surface area contributed by atoms with Crippen LogP contribution in [0.25, 0.3) is 0 Å². The van der Waals surface area contributed by atoms with E-state index < -0.39 is 24.0 Å². The summed E-state index contributed by atoms with van der Waals surface area (Å²) >= 11 is 6.56. The van der Waals surface area contributed by atoms with Crippen molar-refractivity contribution in [2.24, 2.45) is 0 Å². The first-order valence-electron chi connectivity index (χ1n) is 12.0. The molecule has 3 unspecified atom stereocenters. The van der Waals surface area contributed by atoms with E-state index in [0.29, 0.717) is 35.7 Å². The van der Waals surface area contributed by atoms with Crippen LogP contribution in [0.1, 0.15) is 38.2 Å². The number of alkyl carbamates (subject to hydrolysis) is 1. The van der Waals surface area contributed by atoms with Gasteiger partial charge in [-0.25, -0.2) is 4.79 Å². The van der Waals surface area contributed by atoms with E-state index in [4.69, 9.17) is 30.5 Å². The molecule has 2 amide bonds. The Morgan fingerprint density at radius 1 is 1.25 bits per heavy atom. The van der Waals surface area contributed by atoms with Crippen LogP contribution in [0.4, 0.5) is 10.5 Å². The number of fused-ring (bicyclic) bond motifs is 5. The number of epoxide rings is 1. The summed E-state index contributed by atoms with van der Waals surface area (Å²) < 4.78 is 22.1. The Hall–Kier alpha value is -2.59. The van der Waals surface area contributed by atoms with Crippen molar-refractivity contribution < 1.29 is 33.6 Å². The van der Waals surface area contributed by atoms with E-state index in [2.05, 4.69) is 5.32 Å². The summed E-state index contributed by atoms with van der Waals surface area (Å²) in [6.45, 7) is 1.97. The quantitative estimate of drug-likeness (QED) is 0.574. The Labute approximate surface area is 216 Å². The van der Waals surface area contributed by atoms with Crippen molar-refractivity contribution in [1.29, 1.82) is 0 Å². The van der Waals surface area contributed by atoms with Crippen LogP contribution in [0, 0.1) is 0 Å². The summed E-state index contributed by atoms with van der Waals surface area (Å²) in [6.07, 6.45) is 5.03. The molecule has 1 aromatic carbocycles. The van der Waals surface area contributed by atoms with Crippen molar-refractivity contribution in [3.63, 3.8) is 0 Å². The van der Waals surface area contributed by atoms with Gasteiger partial charge >= 0.3 is 6.09 Å². The summed E-state index contributed by atoms with van der Waals surface area (Å²) in [5, 5.41) is 14.1. The molecule has 5 atom stereocenters. The lowest BCUT2D eigenvalue weighted by molar-refractivity contribution is -0.135. The van der Waals surface area contributed by atoms with Crippen molar-refractivity contribution in [2.75, 3.05) is 26.2 Å². The van der Waals surface area contributed by atoms with Gasteiger partial charge < -0.3 is 29.0 Å². The minimum absolute atomic E-state index is 0.0935. The molecule has 36 heavy (non-hydrogen) atoms. The molecule has 1 aromatic rings. The number of carbonyl (C=O) groups excluding carboxylic acids is 2. The molecule has 0 spiro atoms. The number of carbonyl (C=O) groups is 2. The van der Waals surface area contributed by atoms with Crippen LogP contribution >= 0.6 is 11.6 Å². The number of nitrogens with one attached hydrogen (secondary N) is 1. The van der Waals surface area contributed by atoms with Gasteiger partial charge in [0.2, 0.25) is 5.91 Å². The second kappa shape index (κ2) is 10.8. The van der Waals surface area contributed by atoms with E-state index in [-0.39, 0.29) is 31.0 Å². The number of ether oxygens (including phenoxy) is 4. The highest BCUT2D eigenvalue weighted by atomic mass is 35.5. The summed E-state index contributed by atoms with van der Waals surface area (Å²) in [5.74, 6) is 0.400. The maximum Gasteiger partial charge on any atom is 0.409 e. The SMILES string of the molecule is COc1cc2cc(c1Cl)N(C)C(=O)CCC1OC1CC1C[C@@](O)(NC(=O)O1)[C@H](OC)/C=C/C=C(\C)C2. The van der Waals surface area contributed by atoms with Crippen LogP contribution in [0.15, 0.2) is 35.9 Å². The zero-order valence-electron chi connectivity index (χ0n) is 21.0. The van der Waals surface area contributed by atoms with Gasteiger partial charge in [0.15, 0.2) is 5.72 Å². The van der Waals surface area contributed by atoms with Crippen molar-refractivity contribution in [3.8, 4) is 5.75 Å². The zero-order chi connectivity index (χ0) is 26.0. The minimum Gasteiger partial charge on any atom is -0.495 e. The Bertz CT molecular complexity index is 1070. The number of halogens is 1. The van der Waals surface area contributed by atoms with Gasteiger partial charge in [0.05, 0.1) is 25.0 Å². The lowest BCUT2D eigenvalue weighted by Gasteiger charge is -2.40. The standard InChI is InChI=1S/C26H33ClN2O7/c1-15-6-5-7-22(34-4)26(32)14-17(35-25(31)28-26)13-20-19(36-20)8-9-23(30)29(2)18-11-16(10-15)12-21(33-3)24(18)27/h5-7,11-12,17,19-20,22,32H,8-10,13-14H2,1-4H3,(H,28,31)/b7-5+,15-6+/t17?,19?,20?,22-,26+/m1/s1. The highest BCUT2D eigenvalue weighted by Gasteiger charge is 2.48. The van der Waals surface area contributed by atoms with E-state index in [9.17, 15) is 14.7 Å². The topological polar surface area (TPSA) is 110 Å². The fourth-order valence-corrected chi connectivity index (χ4v) is 5.16. The Kier molecular flexibility index (Phi) is 7.94. The van der Waals surface area contributed by atoms with E-state index >= 15 is 0 Å². The number of hydrogen-bond acceptors (Lipinski definition) is 7. The van der Waals surface area contributed by atoms with Gasteiger partial charge in [0.25, 0.3) is 0 Å². The molecule has 2 N–H and O–H groups in total. The molecule has 9 nitrogen and oxygen atoms in total. The van der Waals surface area contributed by atoms with Gasteiger partial charge in [-0.3, -0.25) is 10.1 Å². The number of amides is 2. The lowest BCUT2D eigenvalue weighted by atomic mass is 9.93. The molecule has 3 heterocycles. The molecule has 2 fully saturated rings. The van der Waals surface area contributed by atoms with E-state index in [1.807, 2.05) is 25.1 Å². The van der Waals surface area contributed by atoms with Gasteiger partial charge in [0, 0.05) is 33.4 Å². The maximum absolute atomic E-state index is 13.0. The smallest absolute Gasteiger partial charge is 0.409 e. The Morgan fingerprint density at radius 2 is 2.03 bits per heavy atom. The fourth-order valence-electron chi connectivity index (χ4n) is 4.85. The third kappa shape index (κ3) is 5.86. The Balaban J connectivity index is 1.66. The number of nitrogens with zero attached hydrogens (tertiary/aromatic N) is 1. The summed E-state index contributed by atoms with van der Waals surface area (Å²) in [6, 6.07) is 3.75. The second-order valence-electron chi connectivity index (χ2n) is 9.58. The number of hydrogen-bond donors (Lipinski definition) is 2. The maximum atomic E-state index is 13.0. The molecule has 2 saturated heterocycles. The predicted octanol–water partition coefficient (Wildman–Crippen LogP) is 3.51. The van der Waals surface area contributed by atoms with Crippen LogP contribution in [0.3, 0.4) is 0 Å². The second-order valence-corrected chi connectivity index (χ2v) is 9.96. The molecular formula is C26H33ClN2O7. The molecule has 10 heteroatoms. The molecule has 4 rings (SSSR count). The van der Waals surface area contributed by atoms with Crippen molar-refractivity contribution in [3.05, 3.63) is 46.5 Å². The molecule has 0 aromatic heterocycles. The molecule has 4 bridgehead atoms. The van der Waals surface area contributed by atoms with Crippen LogP contribution in [0.5, 0.6) is 5.75 Å². The highest BCUT2D eigenvalue weighted by molar-refractivity contribution is 6.35. The summed E-state index contributed by atoms with van der Waals surface area (Å²) in [4.78, 5) is 26.8. The number of allylic oxidation sites excluding steroid dienone is 3. The number of methoxy groups -OCH3 is 2. The fraction of sp³-hybridized carbons (Fsp3) is 0.538. The third-order valence-electron chi connectivity index (χ3n) is 6.87. The number of benzene rings is 1. The first kappa shape index (κ1) is 26.5. The van der Waals surface area contributed by atoms with E-state index in [1.165, 1.54) is 7.11 Å². The van der Waals surface area contributed by atoms with Crippen LogP contribution < -0.4 is 15.0 Å². The molecule has 0 saturated carbocycles. The van der Waals surface area contributed by atoms with Gasteiger partial charge in [-0.1, -0.05) is 35.4 Å². The molecule has 3 aliphatic heterocycles. The molecule has 3 aliphatic rings.